The Morgan fingerprint density at radius 2 is 2.00 bits per heavy atom. The molecule has 1 aromatic rings. The SMILES string of the molecule is CC(C)(N)C(=O)Nc1ccccc1Cl. The van der Waals surface area contributed by atoms with Crippen molar-refractivity contribution >= 4 is 23.2 Å². The van der Waals surface area contributed by atoms with Gasteiger partial charge in [-0.2, -0.15) is 0 Å². The van der Waals surface area contributed by atoms with Crippen molar-refractivity contribution in [3.63, 3.8) is 0 Å². The van der Waals surface area contributed by atoms with Crippen LogP contribution in [0.3, 0.4) is 0 Å². The van der Waals surface area contributed by atoms with Crippen LogP contribution in [0.25, 0.3) is 0 Å². The summed E-state index contributed by atoms with van der Waals surface area (Å²) in [4.78, 5) is 11.5. The summed E-state index contributed by atoms with van der Waals surface area (Å²) in [6, 6.07) is 7.03. The van der Waals surface area contributed by atoms with Crippen LogP contribution in [-0.4, -0.2) is 11.4 Å². The average Bonchev–Trinajstić information content (AvgIpc) is 2.07. The summed E-state index contributed by atoms with van der Waals surface area (Å²) in [7, 11) is 0. The van der Waals surface area contributed by atoms with Crippen LogP contribution in [-0.2, 0) is 4.79 Å². The quantitative estimate of drug-likeness (QED) is 0.788. The number of hydrogen-bond donors (Lipinski definition) is 2. The van der Waals surface area contributed by atoms with Gasteiger partial charge in [0.1, 0.15) is 0 Å². The van der Waals surface area contributed by atoms with Crippen molar-refractivity contribution in [2.45, 2.75) is 19.4 Å². The maximum absolute atomic E-state index is 11.5. The lowest BCUT2D eigenvalue weighted by Crippen LogP contribution is -2.45. The molecular formula is C10H13ClN2O. The molecule has 0 saturated heterocycles. The Morgan fingerprint density at radius 1 is 1.43 bits per heavy atom. The zero-order chi connectivity index (χ0) is 10.8. The van der Waals surface area contributed by atoms with E-state index in [9.17, 15) is 4.79 Å². The van der Waals surface area contributed by atoms with Gasteiger partial charge in [-0.1, -0.05) is 23.7 Å². The predicted molar refractivity (Wildman–Crippen MR) is 58.3 cm³/mol. The fraction of sp³-hybridized carbons (Fsp3) is 0.300. The van der Waals surface area contributed by atoms with E-state index in [1.807, 2.05) is 0 Å². The van der Waals surface area contributed by atoms with Gasteiger partial charge in [-0.3, -0.25) is 4.79 Å². The molecule has 0 heterocycles. The van der Waals surface area contributed by atoms with Crippen molar-refractivity contribution in [2.75, 3.05) is 5.32 Å². The second-order valence-corrected chi connectivity index (χ2v) is 4.06. The van der Waals surface area contributed by atoms with Gasteiger partial charge in [-0.25, -0.2) is 0 Å². The molecule has 0 spiro atoms. The largest absolute Gasteiger partial charge is 0.323 e. The number of amides is 1. The number of nitrogens with one attached hydrogen (secondary N) is 1. The van der Waals surface area contributed by atoms with E-state index in [0.29, 0.717) is 10.7 Å². The van der Waals surface area contributed by atoms with Crippen LogP contribution in [0.15, 0.2) is 24.3 Å². The summed E-state index contributed by atoms with van der Waals surface area (Å²) in [5.41, 5.74) is 5.30. The fourth-order valence-electron chi connectivity index (χ4n) is 0.846. The minimum Gasteiger partial charge on any atom is -0.323 e. The van der Waals surface area contributed by atoms with E-state index in [1.54, 1.807) is 38.1 Å². The van der Waals surface area contributed by atoms with E-state index in [-0.39, 0.29) is 5.91 Å². The fourth-order valence-corrected chi connectivity index (χ4v) is 1.03. The molecule has 0 fully saturated rings. The highest BCUT2D eigenvalue weighted by Gasteiger charge is 2.22. The van der Waals surface area contributed by atoms with Crippen LogP contribution in [0.2, 0.25) is 5.02 Å². The number of carbonyl (C=O) groups is 1. The van der Waals surface area contributed by atoms with E-state index >= 15 is 0 Å². The van der Waals surface area contributed by atoms with Crippen LogP contribution < -0.4 is 11.1 Å². The topological polar surface area (TPSA) is 55.1 Å². The normalized spacial score (nSPS) is 11.1. The lowest BCUT2D eigenvalue weighted by molar-refractivity contribution is -0.120. The van der Waals surface area contributed by atoms with Gasteiger partial charge in [-0.05, 0) is 26.0 Å². The van der Waals surface area contributed by atoms with Crippen LogP contribution in [0, 0.1) is 0 Å². The van der Waals surface area contributed by atoms with E-state index in [1.165, 1.54) is 0 Å². The lowest BCUT2D eigenvalue weighted by atomic mass is 10.1. The first kappa shape index (κ1) is 11.0. The molecule has 0 aliphatic carbocycles. The van der Waals surface area contributed by atoms with Gasteiger partial charge in [-0.15, -0.1) is 0 Å². The molecule has 1 aromatic carbocycles. The number of hydrogen-bond acceptors (Lipinski definition) is 2. The molecule has 0 aliphatic rings. The zero-order valence-corrected chi connectivity index (χ0v) is 8.93. The average molecular weight is 213 g/mol. The summed E-state index contributed by atoms with van der Waals surface area (Å²) >= 11 is 5.86. The third kappa shape index (κ3) is 2.72. The smallest absolute Gasteiger partial charge is 0.243 e. The summed E-state index contributed by atoms with van der Waals surface area (Å²) in [6.07, 6.45) is 0. The Labute approximate surface area is 88.2 Å². The predicted octanol–water partition coefficient (Wildman–Crippen LogP) is 2.02. The number of halogens is 1. The maximum atomic E-state index is 11.5. The van der Waals surface area contributed by atoms with Crippen molar-refractivity contribution in [3.8, 4) is 0 Å². The third-order valence-electron chi connectivity index (χ3n) is 1.71. The van der Waals surface area contributed by atoms with Crippen LogP contribution in [0.5, 0.6) is 0 Å². The molecule has 0 atom stereocenters. The summed E-state index contributed by atoms with van der Waals surface area (Å²) in [5, 5.41) is 3.16. The number of rotatable bonds is 2. The van der Waals surface area contributed by atoms with Gasteiger partial charge in [0.25, 0.3) is 0 Å². The van der Waals surface area contributed by atoms with Crippen LogP contribution in [0.4, 0.5) is 5.69 Å². The highest BCUT2D eigenvalue weighted by Crippen LogP contribution is 2.21. The summed E-state index contributed by atoms with van der Waals surface area (Å²) < 4.78 is 0. The van der Waals surface area contributed by atoms with Gasteiger partial charge >= 0.3 is 0 Å². The molecule has 0 bridgehead atoms. The van der Waals surface area contributed by atoms with Crippen molar-refractivity contribution in [1.82, 2.24) is 0 Å². The molecule has 3 N–H and O–H groups in total. The summed E-state index contributed by atoms with van der Waals surface area (Å²) in [6.45, 7) is 3.28. The van der Waals surface area contributed by atoms with Crippen LogP contribution >= 0.6 is 11.6 Å². The first-order chi connectivity index (χ1) is 6.41. The number of benzene rings is 1. The highest BCUT2D eigenvalue weighted by molar-refractivity contribution is 6.33. The number of nitrogens with two attached hydrogens (primary N) is 1. The van der Waals surface area contributed by atoms with E-state index in [4.69, 9.17) is 17.3 Å². The van der Waals surface area contributed by atoms with Gasteiger partial charge in [0.05, 0.1) is 16.2 Å². The maximum Gasteiger partial charge on any atom is 0.243 e. The molecule has 0 radical (unpaired) electrons. The van der Waals surface area contributed by atoms with Gasteiger partial charge < -0.3 is 11.1 Å². The molecular weight excluding hydrogens is 200 g/mol. The summed E-state index contributed by atoms with van der Waals surface area (Å²) in [5.74, 6) is -0.259. The molecule has 0 saturated carbocycles. The Balaban J connectivity index is 2.80. The minimum absolute atomic E-state index is 0.259. The molecule has 3 nitrogen and oxygen atoms in total. The lowest BCUT2D eigenvalue weighted by Gasteiger charge is -2.18. The van der Waals surface area contributed by atoms with Crippen molar-refractivity contribution in [1.29, 1.82) is 0 Å². The Bertz CT molecular complexity index is 344. The molecule has 1 amide bonds. The molecule has 1 rings (SSSR count). The molecule has 4 heteroatoms. The van der Waals surface area contributed by atoms with E-state index in [2.05, 4.69) is 5.32 Å². The molecule has 0 aromatic heterocycles. The number of para-hydroxylation sites is 1. The molecule has 0 aliphatic heterocycles. The standard InChI is InChI=1S/C10H13ClN2O/c1-10(2,12)9(14)13-8-6-4-3-5-7(8)11/h3-6H,12H2,1-2H3,(H,13,14). The number of anilines is 1. The van der Waals surface area contributed by atoms with Crippen molar-refractivity contribution < 1.29 is 4.79 Å². The van der Waals surface area contributed by atoms with Crippen molar-refractivity contribution in [2.24, 2.45) is 5.73 Å². The monoisotopic (exact) mass is 212 g/mol. The second-order valence-electron chi connectivity index (χ2n) is 3.66. The zero-order valence-electron chi connectivity index (χ0n) is 8.17. The molecule has 0 unspecified atom stereocenters. The Hall–Kier alpha value is -1.06. The minimum atomic E-state index is -0.904. The number of carbonyl (C=O) groups excluding carboxylic acids is 1. The Morgan fingerprint density at radius 3 is 2.50 bits per heavy atom. The second kappa shape index (κ2) is 3.98. The van der Waals surface area contributed by atoms with Gasteiger partial charge in [0.2, 0.25) is 5.91 Å². The van der Waals surface area contributed by atoms with E-state index < -0.39 is 5.54 Å². The highest BCUT2D eigenvalue weighted by atomic mass is 35.5. The third-order valence-corrected chi connectivity index (χ3v) is 2.04. The Kier molecular flexibility index (Phi) is 3.13. The molecule has 14 heavy (non-hydrogen) atoms. The first-order valence-electron chi connectivity index (χ1n) is 4.26. The van der Waals surface area contributed by atoms with Crippen LogP contribution in [0.1, 0.15) is 13.8 Å². The van der Waals surface area contributed by atoms with E-state index in [0.717, 1.165) is 0 Å². The van der Waals surface area contributed by atoms with Crippen molar-refractivity contribution in [3.05, 3.63) is 29.3 Å². The first-order valence-corrected chi connectivity index (χ1v) is 4.64. The van der Waals surface area contributed by atoms with Gasteiger partial charge in [0.15, 0.2) is 0 Å². The molecule has 76 valence electrons. The van der Waals surface area contributed by atoms with Gasteiger partial charge in [0, 0.05) is 0 Å².